The molecule has 7 nitrogen and oxygen atoms in total. The fourth-order valence-electron chi connectivity index (χ4n) is 2.79. The number of benzene rings is 2. The topological polar surface area (TPSA) is 88.9 Å². The highest BCUT2D eigenvalue weighted by atomic mass is 35.5. The minimum Gasteiger partial charge on any atom is -0.345 e. The Labute approximate surface area is 189 Å². The van der Waals surface area contributed by atoms with E-state index in [0.717, 1.165) is 11.3 Å². The van der Waals surface area contributed by atoms with Crippen LogP contribution < -0.4 is 10.6 Å². The predicted molar refractivity (Wildman–Crippen MR) is 123 cm³/mol. The quantitative estimate of drug-likeness (QED) is 0.375. The highest BCUT2D eigenvalue weighted by Gasteiger charge is 2.15. The second-order valence-electron chi connectivity index (χ2n) is 6.64. The summed E-state index contributed by atoms with van der Waals surface area (Å²) < 4.78 is 1.82. The third kappa shape index (κ3) is 6.19. The van der Waals surface area contributed by atoms with E-state index in [4.69, 9.17) is 11.6 Å². The van der Waals surface area contributed by atoms with Crippen molar-refractivity contribution in [3.05, 3.63) is 83.2 Å². The third-order valence-electron chi connectivity index (χ3n) is 4.35. The van der Waals surface area contributed by atoms with Crippen molar-refractivity contribution in [2.24, 2.45) is 0 Å². The molecule has 0 fully saturated rings. The molecule has 3 aromatic rings. The van der Waals surface area contributed by atoms with Gasteiger partial charge < -0.3 is 15.2 Å². The van der Waals surface area contributed by atoms with Crippen molar-refractivity contribution < 1.29 is 9.59 Å². The second kappa shape index (κ2) is 10.8. The van der Waals surface area contributed by atoms with Gasteiger partial charge in [0.1, 0.15) is 0 Å². The predicted octanol–water partition coefficient (Wildman–Crippen LogP) is 4.09. The number of rotatable bonds is 9. The summed E-state index contributed by atoms with van der Waals surface area (Å²) in [7, 11) is 0. The maximum Gasteiger partial charge on any atom is 0.251 e. The van der Waals surface area contributed by atoms with Crippen molar-refractivity contribution in [2.45, 2.75) is 25.2 Å². The first-order chi connectivity index (χ1) is 15.0. The smallest absolute Gasteiger partial charge is 0.251 e. The van der Waals surface area contributed by atoms with Crippen LogP contribution in [0.4, 0.5) is 5.69 Å². The van der Waals surface area contributed by atoms with Crippen LogP contribution in [-0.2, 0) is 17.9 Å². The molecule has 0 atom stereocenters. The monoisotopic (exact) mass is 455 g/mol. The summed E-state index contributed by atoms with van der Waals surface area (Å²) in [6, 6.07) is 14.3. The molecule has 0 saturated heterocycles. The van der Waals surface area contributed by atoms with E-state index in [-0.39, 0.29) is 24.1 Å². The molecule has 2 aromatic carbocycles. The molecule has 1 heterocycles. The minimum absolute atomic E-state index is 0.136. The van der Waals surface area contributed by atoms with Gasteiger partial charge in [0, 0.05) is 22.8 Å². The van der Waals surface area contributed by atoms with Gasteiger partial charge in [0.05, 0.1) is 12.3 Å². The van der Waals surface area contributed by atoms with Crippen LogP contribution in [0.5, 0.6) is 0 Å². The Morgan fingerprint density at radius 2 is 2.00 bits per heavy atom. The Kier molecular flexibility index (Phi) is 7.86. The molecule has 0 bridgehead atoms. The molecular formula is C22H22ClN5O2S. The first-order valence-corrected chi connectivity index (χ1v) is 10.9. The fraction of sp³-hybridized carbons (Fsp3) is 0.182. The molecule has 9 heteroatoms. The molecular weight excluding hydrogens is 434 g/mol. The molecule has 2 amide bonds. The highest BCUT2D eigenvalue weighted by Crippen LogP contribution is 2.19. The number of hydrogen-bond donors (Lipinski definition) is 2. The Bertz CT molecular complexity index is 1100. The van der Waals surface area contributed by atoms with Crippen molar-refractivity contribution in [1.29, 1.82) is 0 Å². The largest absolute Gasteiger partial charge is 0.345 e. The molecule has 2 N–H and O–H groups in total. The number of carbonyl (C=O) groups excluding carboxylic acids is 2. The summed E-state index contributed by atoms with van der Waals surface area (Å²) in [5.41, 5.74) is 2.24. The van der Waals surface area contributed by atoms with Gasteiger partial charge in [-0.15, -0.1) is 16.8 Å². The zero-order chi connectivity index (χ0) is 22.2. The number of halogens is 1. The molecule has 31 heavy (non-hydrogen) atoms. The number of carbonyl (C=O) groups is 2. The molecule has 3 rings (SSSR count). The molecule has 0 aliphatic carbocycles. The lowest BCUT2D eigenvalue weighted by molar-refractivity contribution is -0.113. The van der Waals surface area contributed by atoms with Gasteiger partial charge in [0.15, 0.2) is 11.0 Å². The van der Waals surface area contributed by atoms with E-state index in [0.29, 0.717) is 28.1 Å². The Balaban J connectivity index is 1.61. The van der Waals surface area contributed by atoms with Crippen LogP contribution in [0.2, 0.25) is 5.02 Å². The number of anilines is 1. The maximum absolute atomic E-state index is 12.4. The van der Waals surface area contributed by atoms with Crippen LogP contribution in [0.3, 0.4) is 0 Å². The molecule has 0 unspecified atom stereocenters. The van der Waals surface area contributed by atoms with Crippen LogP contribution in [0.25, 0.3) is 0 Å². The summed E-state index contributed by atoms with van der Waals surface area (Å²) >= 11 is 7.22. The highest BCUT2D eigenvalue weighted by molar-refractivity contribution is 7.99. The van der Waals surface area contributed by atoms with E-state index in [2.05, 4.69) is 27.4 Å². The Morgan fingerprint density at radius 3 is 2.74 bits per heavy atom. The van der Waals surface area contributed by atoms with E-state index < -0.39 is 0 Å². The lowest BCUT2D eigenvalue weighted by atomic mass is 10.2. The van der Waals surface area contributed by atoms with Crippen molar-refractivity contribution >= 4 is 40.9 Å². The number of allylic oxidation sites excluding steroid dienone is 1. The van der Waals surface area contributed by atoms with E-state index in [1.54, 1.807) is 30.3 Å². The Morgan fingerprint density at radius 1 is 1.19 bits per heavy atom. The number of amides is 2. The first-order valence-electron chi connectivity index (χ1n) is 9.53. The summed E-state index contributed by atoms with van der Waals surface area (Å²) in [4.78, 5) is 24.7. The van der Waals surface area contributed by atoms with E-state index in [1.807, 2.05) is 35.8 Å². The number of nitrogens with zero attached hydrogens (tertiary/aromatic N) is 3. The normalized spacial score (nSPS) is 10.5. The number of thioether (sulfide) groups is 1. The van der Waals surface area contributed by atoms with Crippen molar-refractivity contribution in [1.82, 2.24) is 20.1 Å². The number of nitrogens with one attached hydrogen (secondary N) is 2. The summed E-state index contributed by atoms with van der Waals surface area (Å²) in [5, 5.41) is 15.1. The minimum atomic E-state index is -0.262. The van der Waals surface area contributed by atoms with Gasteiger partial charge in [-0.05, 0) is 36.8 Å². The molecule has 0 radical (unpaired) electrons. The second-order valence-corrected chi connectivity index (χ2v) is 8.02. The molecule has 0 spiro atoms. The first kappa shape index (κ1) is 22.6. The number of para-hydroxylation sites is 1. The molecule has 0 aliphatic heterocycles. The zero-order valence-corrected chi connectivity index (χ0v) is 18.5. The van der Waals surface area contributed by atoms with Crippen molar-refractivity contribution in [3.8, 4) is 0 Å². The van der Waals surface area contributed by atoms with Gasteiger partial charge in [-0.2, -0.15) is 0 Å². The van der Waals surface area contributed by atoms with Gasteiger partial charge in [-0.3, -0.25) is 9.59 Å². The maximum atomic E-state index is 12.4. The summed E-state index contributed by atoms with van der Waals surface area (Å²) in [5.74, 6) is 0.348. The van der Waals surface area contributed by atoms with E-state index >= 15 is 0 Å². The average molecular weight is 456 g/mol. The van der Waals surface area contributed by atoms with Gasteiger partial charge >= 0.3 is 0 Å². The number of aromatic nitrogens is 3. The lowest BCUT2D eigenvalue weighted by Crippen LogP contribution is -2.24. The van der Waals surface area contributed by atoms with Crippen molar-refractivity contribution in [2.75, 3.05) is 11.1 Å². The summed E-state index contributed by atoms with van der Waals surface area (Å²) in [6.07, 6.45) is 1.71. The fourth-order valence-corrected chi connectivity index (χ4v) is 3.75. The Hall–Kier alpha value is -3.10. The van der Waals surface area contributed by atoms with Gasteiger partial charge in [0.2, 0.25) is 5.91 Å². The lowest BCUT2D eigenvalue weighted by Gasteiger charge is -2.10. The van der Waals surface area contributed by atoms with E-state index in [1.165, 1.54) is 11.8 Å². The third-order valence-corrected chi connectivity index (χ3v) is 5.55. The summed E-state index contributed by atoms with van der Waals surface area (Å²) in [6.45, 7) is 6.34. The van der Waals surface area contributed by atoms with Crippen LogP contribution in [0.1, 0.15) is 21.7 Å². The molecule has 1 aromatic heterocycles. The standard InChI is InChI=1S/C22H22ClN5O2S/c1-3-11-28-19(13-24-21(30)16-8-6-9-17(23)12-16)26-27-22(28)31-14-20(29)25-18-10-5-4-7-15(18)2/h3-10,12H,1,11,13-14H2,2H3,(H,24,30)(H,25,29). The molecule has 0 aliphatic rings. The van der Waals surface area contributed by atoms with Gasteiger partial charge in [-0.25, -0.2) is 0 Å². The molecule has 0 saturated carbocycles. The van der Waals surface area contributed by atoms with E-state index in [9.17, 15) is 9.59 Å². The van der Waals surface area contributed by atoms with Crippen LogP contribution in [-0.4, -0.2) is 32.3 Å². The SMILES string of the molecule is C=CCn1c(CNC(=O)c2cccc(Cl)c2)nnc1SCC(=O)Nc1ccccc1C. The number of hydrogen-bond acceptors (Lipinski definition) is 5. The van der Waals surface area contributed by atoms with Gasteiger partial charge in [0.25, 0.3) is 5.91 Å². The van der Waals surface area contributed by atoms with Crippen LogP contribution in [0.15, 0.2) is 66.3 Å². The van der Waals surface area contributed by atoms with Crippen LogP contribution >= 0.6 is 23.4 Å². The average Bonchev–Trinajstić information content (AvgIpc) is 3.14. The van der Waals surface area contributed by atoms with Crippen molar-refractivity contribution in [3.63, 3.8) is 0 Å². The van der Waals surface area contributed by atoms with Gasteiger partial charge in [-0.1, -0.05) is 53.7 Å². The molecule has 160 valence electrons. The van der Waals surface area contributed by atoms with Crippen LogP contribution in [0, 0.1) is 6.92 Å². The zero-order valence-electron chi connectivity index (χ0n) is 17.0. The number of aryl methyl sites for hydroxylation is 1.